The molecule has 2 amide bonds. The second-order valence-corrected chi connectivity index (χ2v) is 6.07. The first-order valence-electron chi connectivity index (χ1n) is 8.99. The zero-order valence-electron chi connectivity index (χ0n) is 15.3. The van der Waals surface area contributed by atoms with Gasteiger partial charge in [0.1, 0.15) is 11.3 Å². The molecular formula is C22H19N3O3. The number of fused-ring (bicyclic) bond motifs is 1. The number of benzene rings is 3. The third-order valence-corrected chi connectivity index (χ3v) is 4.12. The third-order valence-electron chi connectivity index (χ3n) is 4.12. The lowest BCUT2D eigenvalue weighted by atomic mass is 10.2. The predicted molar refractivity (Wildman–Crippen MR) is 110 cm³/mol. The molecule has 0 unspecified atom stereocenters. The highest BCUT2D eigenvalue weighted by Gasteiger charge is 2.10. The fourth-order valence-electron chi connectivity index (χ4n) is 2.83. The van der Waals surface area contributed by atoms with E-state index in [2.05, 4.69) is 15.6 Å². The molecule has 0 saturated carbocycles. The molecule has 1 heterocycles. The third kappa shape index (κ3) is 3.81. The summed E-state index contributed by atoms with van der Waals surface area (Å²) in [6.45, 7) is 2.42. The second kappa shape index (κ2) is 7.84. The van der Waals surface area contributed by atoms with Gasteiger partial charge in [-0.2, -0.15) is 0 Å². The maximum Gasteiger partial charge on any atom is 0.323 e. The van der Waals surface area contributed by atoms with Crippen molar-refractivity contribution in [2.75, 3.05) is 17.2 Å². The minimum atomic E-state index is -0.346. The lowest BCUT2D eigenvalue weighted by Crippen LogP contribution is -2.19. The van der Waals surface area contributed by atoms with Crippen molar-refractivity contribution < 1.29 is 13.9 Å². The van der Waals surface area contributed by atoms with Crippen LogP contribution in [0, 0.1) is 0 Å². The minimum absolute atomic E-state index is 0.346. The van der Waals surface area contributed by atoms with Crippen LogP contribution in [0.15, 0.2) is 77.2 Å². The van der Waals surface area contributed by atoms with Crippen molar-refractivity contribution in [3.05, 3.63) is 72.8 Å². The van der Waals surface area contributed by atoms with Gasteiger partial charge in [-0.25, -0.2) is 9.78 Å². The lowest BCUT2D eigenvalue weighted by Gasteiger charge is -2.12. The summed E-state index contributed by atoms with van der Waals surface area (Å²) in [5.74, 6) is 1.18. The molecule has 3 aromatic carbocycles. The van der Waals surface area contributed by atoms with Crippen LogP contribution in [0.5, 0.6) is 5.75 Å². The van der Waals surface area contributed by atoms with E-state index in [1.54, 1.807) is 18.2 Å². The highest BCUT2D eigenvalue weighted by molar-refractivity contribution is 6.00. The Morgan fingerprint density at radius 1 is 0.964 bits per heavy atom. The van der Waals surface area contributed by atoms with Crippen LogP contribution in [-0.2, 0) is 0 Å². The van der Waals surface area contributed by atoms with Gasteiger partial charge in [0, 0.05) is 11.3 Å². The summed E-state index contributed by atoms with van der Waals surface area (Å²) in [4.78, 5) is 16.8. The van der Waals surface area contributed by atoms with Crippen LogP contribution >= 0.6 is 0 Å². The van der Waals surface area contributed by atoms with Crippen molar-refractivity contribution in [1.29, 1.82) is 0 Å². The van der Waals surface area contributed by atoms with Crippen molar-refractivity contribution >= 4 is 28.5 Å². The molecule has 0 saturated heterocycles. The first-order chi connectivity index (χ1) is 13.7. The van der Waals surface area contributed by atoms with Crippen molar-refractivity contribution in [2.45, 2.75) is 6.92 Å². The summed E-state index contributed by atoms with van der Waals surface area (Å²) >= 11 is 0. The number of nitrogens with zero attached hydrogens (tertiary/aromatic N) is 1. The SMILES string of the molecule is CCOc1ccccc1NC(=O)Nc1ccc(-c2nc3ccccc3o2)cc1. The summed E-state index contributed by atoms with van der Waals surface area (Å²) in [7, 11) is 0. The van der Waals surface area contributed by atoms with Gasteiger partial charge in [0.2, 0.25) is 5.89 Å². The van der Waals surface area contributed by atoms with Crippen LogP contribution < -0.4 is 15.4 Å². The molecule has 0 atom stereocenters. The molecule has 0 aliphatic heterocycles. The van der Waals surface area contributed by atoms with Crippen molar-refractivity contribution in [3.63, 3.8) is 0 Å². The van der Waals surface area contributed by atoms with E-state index < -0.39 is 0 Å². The highest BCUT2D eigenvalue weighted by atomic mass is 16.5. The Labute approximate surface area is 162 Å². The van der Waals surface area contributed by atoms with Crippen LogP contribution in [0.2, 0.25) is 0 Å². The Hall–Kier alpha value is -3.80. The standard InChI is InChI=1S/C22H19N3O3/c1-2-27-19-9-5-3-7-17(19)25-22(26)23-16-13-11-15(12-14-16)21-24-18-8-4-6-10-20(18)28-21/h3-14H,2H2,1H3,(H2,23,25,26). The number of amides is 2. The van der Waals surface area contributed by atoms with Crippen LogP contribution in [-0.4, -0.2) is 17.6 Å². The van der Waals surface area contributed by atoms with E-state index >= 15 is 0 Å². The molecule has 6 heteroatoms. The van der Waals surface area contributed by atoms with E-state index in [0.717, 1.165) is 16.7 Å². The molecular weight excluding hydrogens is 354 g/mol. The number of hydrogen-bond donors (Lipinski definition) is 2. The molecule has 1 aromatic heterocycles. The van der Waals surface area contributed by atoms with Gasteiger partial charge < -0.3 is 19.8 Å². The van der Waals surface area contributed by atoms with Gasteiger partial charge in [0.25, 0.3) is 0 Å². The maximum atomic E-state index is 12.3. The molecule has 0 radical (unpaired) electrons. The summed E-state index contributed by atoms with van der Waals surface area (Å²) in [5.41, 5.74) is 3.67. The smallest absolute Gasteiger partial charge is 0.323 e. The average Bonchev–Trinajstić information content (AvgIpc) is 3.14. The van der Waals surface area contributed by atoms with E-state index in [9.17, 15) is 4.79 Å². The molecule has 0 fully saturated rings. The van der Waals surface area contributed by atoms with Crippen LogP contribution in [0.4, 0.5) is 16.2 Å². The average molecular weight is 373 g/mol. The summed E-state index contributed by atoms with van der Waals surface area (Å²) in [5, 5.41) is 5.61. The Balaban J connectivity index is 1.45. The predicted octanol–water partition coefficient (Wildman–Crippen LogP) is 5.54. The lowest BCUT2D eigenvalue weighted by molar-refractivity contribution is 0.262. The number of oxazole rings is 1. The van der Waals surface area contributed by atoms with E-state index in [0.29, 0.717) is 29.6 Å². The fourth-order valence-corrected chi connectivity index (χ4v) is 2.83. The second-order valence-electron chi connectivity index (χ2n) is 6.07. The van der Waals surface area contributed by atoms with Gasteiger partial charge in [-0.3, -0.25) is 0 Å². The Morgan fingerprint density at radius 3 is 2.50 bits per heavy atom. The number of aromatic nitrogens is 1. The van der Waals surface area contributed by atoms with E-state index in [4.69, 9.17) is 9.15 Å². The molecule has 0 bridgehead atoms. The van der Waals surface area contributed by atoms with E-state index in [1.165, 1.54) is 0 Å². The van der Waals surface area contributed by atoms with Crippen LogP contribution in [0.3, 0.4) is 0 Å². The zero-order chi connectivity index (χ0) is 19.3. The molecule has 0 spiro atoms. The van der Waals surface area contributed by atoms with Gasteiger partial charge in [-0.15, -0.1) is 0 Å². The highest BCUT2D eigenvalue weighted by Crippen LogP contribution is 2.26. The molecule has 6 nitrogen and oxygen atoms in total. The number of ether oxygens (including phenoxy) is 1. The Morgan fingerprint density at radius 2 is 1.71 bits per heavy atom. The number of nitrogens with one attached hydrogen (secondary N) is 2. The summed E-state index contributed by atoms with van der Waals surface area (Å²) in [6.07, 6.45) is 0. The van der Waals surface area contributed by atoms with Crippen LogP contribution in [0.25, 0.3) is 22.6 Å². The molecule has 2 N–H and O–H groups in total. The minimum Gasteiger partial charge on any atom is -0.492 e. The number of carbonyl (C=O) groups excluding carboxylic acids is 1. The van der Waals surface area contributed by atoms with E-state index in [-0.39, 0.29) is 6.03 Å². The number of anilines is 2. The normalized spacial score (nSPS) is 10.6. The molecule has 4 rings (SSSR count). The van der Waals surface area contributed by atoms with Gasteiger partial charge in [0.05, 0.1) is 12.3 Å². The fraction of sp³-hybridized carbons (Fsp3) is 0.0909. The monoisotopic (exact) mass is 373 g/mol. The van der Waals surface area contributed by atoms with Crippen LogP contribution in [0.1, 0.15) is 6.92 Å². The molecule has 0 aliphatic rings. The largest absolute Gasteiger partial charge is 0.492 e. The Bertz CT molecular complexity index is 1070. The van der Waals surface area contributed by atoms with Crippen molar-refractivity contribution in [2.24, 2.45) is 0 Å². The van der Waals surface area contributed by atoms with Gasteiger partial charge in [-0.1, -0.05) is 24.3 Å². The summed E-state index contributed by atoms with van der Waals surface area (Å²) in [6, 6.07) is 21.9. The quantitative estimate of drug-likeness (QED) is 0.482. The number of rotatable bonds is 5. The molecule has 140 valence electrons. The van der Waals surface area contributed by atoms with Gasteiger partial charge in [-0.05, 0) is 55.5 Å². The number of hydrogen-bond acceptors (Lipinski definition) is 4. The molecule has 4 aromatic rings. The van der Waals surface area contributed by atoms with E-state index in [1.807, 2.05) is 61.5 Å². The number of carbonyl (C=O) groups is 1. The molecule has 28 heavy (non-hydrogen) atoms. The number of para-hydroxylation sites is 4. The van der Waals surface area contributed by atoms with Crippen molar-refractivity contribution in [1.82, 2.24) is 4.98 Å². The first-order valence-corrected chi connectivity index (χ1v) is 8.99. The Kier molecular flexibility index (Phi) is 4.93. The van der Waals surface area contributed by atoms with Gasteiger partial charge >= 0.3 is 6.03 Å². The van der Waals surface area contributed by atoms with Gasteiger partial charge in [0.15, 0.2) is 5.58 Å². The topological polar surface area (TPSA) is 76.4 Å². The summed E-state index contributed by atoms with van der Waals surface area (Å²) < 4.78 is 11.3. The van der Waals surface area contributed by atoms with Crippen molar-refractivity contribution in [3.8, 4) is 17.2 Å². The maximum absolute atomic E-state index is 12.3. The first kappa shape index (κ1) is 17.6. The number of urea groups is 1. The zero-order valence-corrected chi connectivity index (χ0v) is 15.3. The molecule has 0 aliphatic carbocycles.